The summed E-state index contributed by atoms with van der Waals surface area (Å²) in [6, 6.07) is 0. The molecule has 136 valence electrons. The quantitative estimate of drug-likeness (QED) is 0.299. The van der Waals surface area contributed by atoms with Gasteiger partial charge in [-0.25, -0.2) is 0 Å². The number of hydrogen-bond acceptors (Lipinski definition) is 0. The highest BCUT2D eigenvalue weighted by molar-refractivity contribution is 4.49. The molecule has 0 saturated heterocycles. The molecule has 0 heterocycles. The molecule has 0 radical (unpaired) electrons. The highest BCUT2D eigenvalue weighted by Crippen LogP contribution is 2.14. The Bertz CT molecular complexity index is 194. The molecule has 0 unspecified atom stereocenters. The lowest BCUT2D eigenvalue weighted by Crippen LogP contribution is -3.00. The van der Waals surface area contributed by atoms with Gasteiger partial charge in [0.15, 0.2) is 0 Å². The zero-order valence-electron chi connectivity index (χ0n) is 16.1. The topological polar surface area (TPSA) is 0 Å². The molecule has 0 spiro atoms. The molecule has 0 aliphatic heterocycles. The second-order valence-electron chi connectivity index (χ2n) is 6.90. The molecule has 22 heavy (non-hydrogen) atoms. The molecule has 0 aromatic heterocycles. The Labute approximate surface area is 148 Å². The first kappa shape index (κ1) is 24.5. The van der Waals surface area contributed by atoms with Crippen molar-refractivity contribution in [3.05, 3.63) is 0 Å². The largest absolute Gasteiger partial charge is 1.00 e. The molecule has 0 bridgehead atoms. The highest BCUT2D eigenvalue weighted by Gasteiger charge is 2.19. The van der Waals surface area contributed by atoms with E-state index in [1.165, 1.54) is 108 Å². The van der Waals surface area contributed by atoms with Crippen molar-refractivity contribution in [3.8, 4) is 0 Å². The molecule has 0 aliphatic rings. The van der Waals surface area contributed by atoms with Gasteiger partial charge in [-0.3, -0.25) is 0 Å². The van der Waals surface area contributed by atoms with Crippen molar-refractivity contribution in [2.24, 2.45) is 0 Å². The summed E-state index contributed by atoms with van der Waals surface area (Å²) in [6.07, 6.45) is 17.5. The van der Waals surface area contributed by atoms with Gasteiger partial charge in [0.05, 0.1) is 26.2 Å². The van der Waals surface area contributed by atoms with Crippen LogP contribution in [-0.2, 0) is 0 Å². The van der Waals surface area contributed by atoms with Crippen molar-refractivity contribution in [2.75, 3.05) is 26.2 Å². The number of quaternary nitrogens is 1. The fraction of sp³-hybridized carbons (Fsp3) is 1.00. The summed E-state index contributed by atoms with van der Waals surface area (Å²) in [5.74, 6) is 0. The van der Waals surface area contributed by atoms with Crippen molar-refractivity contribution < 1.29 is 16.9 Å². The Kier molecular flexibility index (Phi) is 19.6. The van der Waals surface area contributed by atoms with Crippen LogP contribution in [0.5, 0.6) is 0 Å². The molecule has 0 aromatic rings. The third-order valence-electron chi connectivity index (χ3n) is 5.50. The van der Waals surface area contributed by atoms with Crippen LogP contribution in [0.2, 0.25) is 0 Å². The van der Waals surface area contributed by atoms with E-state index in [2.05, 4.69) is 27.7 Å². The average Bonchev–Trinajstić information content (AvgIpc) is 2.53. The molecule has 0 rings (SSSR count). The molecule has 2 heteroatoms. The lowest BCUT2D eigenvalue weighted by Gasteiger charge is -2.35. The van der Waals surface area contributed by atoms with Gasteiger partial charge in [-0.2, -0.15) is 0 Å². The maximum Gasteiger partial charge on any atom is 0.0786 e. The van der Waals surface area contributed by atoms with E-state index >= 15 is 0 Å². The minimum Gasteiger partial charge on any atom is -1.00 e. The number of rotatable bonds is 16. The number of unbranched alkanes of at least 4 members (excludes halogenated alkanes) is 11. The van der Waals surface area contributed by atoms with Crippen LogP contribution in [0.25, 0.3) is 0 Å². The number of halogens is 1. The van der Waals surface area contributed by atoms with Gasteiger partial charge in [0.25, 0.3) is 0 Å². The smallest absolute Gasteiger partial charge is 0.0786 e. The SMILES string of the molecule is CCCCCCCCCCCCCC[N+](CC)(CC)CC.[Cl-]. The zero-order valence-corrected chi connectivity index (χ0v) is 16.9. The van der Waals surface area contributed by atoms with E-state index < -0.39 is 0 Å². The van der Waals surface area contributed by atoms with Gasteiger partial charge in [0, 0.05) is 0 Å². The van der Waals surface area contributed by atoms with Gasteiger partial charge >= 0.3 is 0 Å². The Morgan fingerprint density at radius 2 is 0.773 bits per heavy atom. The summed E-state index contributed by atoms with van der Waals surface area (Å²) >= 11 is 0. The predicted molar refractivity (Wildman–Crippen MR) is 97.8 cm³/mol. The van der Waals surface area contributed by atoms with Crippen LogP contribution in [0.15, 0.2) is 0 Å². The van der Waals surface area contributed by atoms with E-state index in [1.807, 2.05) is 0 Å². The minimum atomic E-state index is 0. The van der Waals surface area contributed by atoms with Gasteiger partial charge in [0.1, 0.15) is 0 Å². The first-order valence-electron chi connectivity index (χ1n) is 10.1. The Balaban J connectivity index is 0. The van der Waals surface area contributed by atoms with Crippen LogP contribution < -0.4 is 12.4 Å². The van der Waals surface area contributed by atoms with Gasteiger partial charge in [0.2, 0.25) is 0 Å². The normalized spacial score (nSPS) is 11.5. The minimum absolute atomic E-state index is 0. The molecule has 0 atom stereocenters. The van der Waals surface area contributed by atoms with Crippen LogP contribution >= 0.6 is 0 Å². The van der Waals surface area contributed by atoms with Gasteiger partial charge < -0.3 is 16.9 Å². The van der Waals surface area contributed by atoms with Crippen molar-refractivity contribution >= 4 is 0 Å². The molecule has 0 N–H and O–H groups in total. The van der Waals surface area contributed by atoms with Crippen LogP contribution in [0.4, 0.5) is 0 Å². The number of nitrogens with zero attached hydrogens (tertiary/aromatic N) is 1. The summed E-state index contributed by atoms with van der Waals surface area (Å²) in [4.78, 5) is 0. The fourth-order valence-electron chi connectivity index (χ4n) is 3.43. The van der Waals surface area contributed by atoms with Crippen molar-refractivity contribution in [1.82, 2.24) is 0 Å². The first-order valence-corrected chi connectivity index (χ1v) is 10.1. The first-order chi connectivity index (χ1) is 10.2. The van der Waals surface area contributed by atoms with Crippen LogP contribution in [-0.4, -0.2) is 30.7 Å². The standard InChI is InChI=1S/C20H44N.ClH/c1-5-9-10-11-12-13-14-15-16-17-18-19-20-21(6-2,7-3)8-4;/h5-20H2,1-4H3;1H/q+1;/p-1. The summed E-state index contributed by atoms with van der Waals surface area (Å²) in [7, 11) is 0. The zero-order chi connectivity index (χ0) is 15.8. The lowest BCUT2D eigenvalue weighted by atomic mass is 10.1. The van der Waals surface area contributed by atoms with Crippen LogP contribution in [0.1, 0.15) is 105 Å². The molecular weight excluding hydrogens is 290 g/mol. The van der Waals surface area contributed by atoms with Gasteiger partial charge in [-0.05, 0) is 33.6 Å². The van der Waals surface area contributed by atoms with Crippen LogP contribution in [0, 0.1) is 0 Å². The molecule has 0 aliphatic carbocycles. The van der Waals surface area contributed by atoms with Crippen molar-refractivity contribution in [2.45, 2.75) is 105 Å². The molecule has 0 amide bonds. The van der Waals surface area contributed by atoms with E-state index in [1.54, 1.807) is 0 Å². The third kappa shape index (κ3) is 12.8. The second-order valence-corrected chi connectivity index (χ2v) is 6.90. The van der Waals surface area contributed by atoms with E-state index in [4.69, 9.17) is 0 Å². The van der Waals surface area contributed by atoms with Crippen molar-refractivity contribution in [3.63, 3.8) is 0 Å². The Morgan fingerprint density at radius 1 is 0.455 bits per heavy atom. The van der Waals surface area contributed by atoms with E-state index in [0.29, 0.717) is 0 Å². The third-order valence-corrected chi connectivity index (χ3v) is 5.50. The summed E-state index contributed by atoms with van der Waals surface area (Å²) in [5, 5.41) is 0. The van der Waals surface area contributed by atoms with Gasteiger partial charge in [-0.15, -0.1) is 0 Å². The Hall–Kier alpha value is 0.250. The van der Waals surface area contributed by atoms with Gasteiger partial charge in [-0.1, -0.05) is 71.1 Å². The summed E-state index contributed by atoms with van der Waals surface area (Å²) < 4.78 is 1.33. The van der Waals surface area contributed by atoms with Crippen molar-refractivity contribution in [1.29, 1.82) is 0 Å². The molecule has 0 saturated carbocycles. The molecule has 0 fully saturated rings. The number of hydrogen-bond donors (Lipinski definition) is 0. The summed E-state index contributed by atoms with van der Waals surface area (Å²) in [6.45, 7) is 14.7. The fourth-order valence-corrected chi connectivity index (χ4v) is 3.43. The van der Waals surface area contributed by atoms with Crippen LogP contribution in [0.3, 0.4) is 0 Å². The lowest BCUT2D eigenvalue weighted by molar-refractivity contribution is -0.923. The van der Waals surface area contributed by atoms with E-state index in [-0.39, 0.29) is 12.4 Å². The predicted octanol–water partition coefficient (Wildman–Crippen LogP) is 3.57. The maximum atomic E-state index is 2.35. The Morgan fingerprint density at radius 3 is 1.09 bits per heavy atom. The van der Waals surface area contributed by atoms with E-state index in [9.17, 15) is 0 Å². The molecule has 1 nitrogen and oxygen atoms in total. The monoisotopic (exact) mass is 333 g/mol. The molecular formula is C20H44ClN. The second kappa shape index (κ2) is 17.6. The average molecular weight is 334 g/mol. The summed E-state index contributed by atoms with van der Waals surface area (Å²) in [5.41, 5.74) is 0. The highest BCUT2D eigenvalue weighted by atomic mass is 35.5. The molecule has 0 aromatic carbocycles. The maximum absolute atomic E-state index is 2.35. The van der Waals surface area contributed by atoms with E-state index in [0.717, 1.165) is 0 Å².